The molecule has 0 saturated heterocycles. The first-order chi connectivity index (χ1) is 8.45. The highest BCUT2D eigenvalue weighted by Crippen LogP contribution is 2.21. The molecule has 0 aliphatic heterocycles. The minimum absolute atomic E-state index is 0.938. The average molecular weight is 231 g/mol. The minimum atomic E-state index is 0.938. The van der Waals surface area contributed by atoms with Crippen molar-refractivity contribution in [2.45, 2.75) is 44.9 Å². The second-order valence-electron chi connectivity index (χ2n) is 5.30. The lowest BCUT2D eigenvalue weighted by molar-refractivity contribution is 0.427. The van der Waals surface area contributed by atoms with Crippen LogP contribution in [0.1, 0.15) is 44.1 Å². The third kappa shape index (κ3) is 4.91. The van der Waals surface area contributed by atoms with Gasteiger partial charge in [-0.3, -0.25) is 0 Å². The van der Waals surface area contributed by atoms with Crippen LogP contribution in [0, 0.1) is 5.92 Å². The SMILES string of the molecule is c1ccc(CCNCC2CCCCCC2)cc1. The molecule has 1 aromatic rings. The zero-order valence-corrected chi connectivity index (χ0v) is 10.8. The fraction of sp³-hybridized carbons (Fsp3) is 0.625. The molecule has 1 nitrogen and oxygen atoms in total. The van der Waals surface area contributed by atoms with Gasteiger partial charge in [-0.25, -0.2) is 0 Å². The first-order valence-electron chi connectivity index (χ1n) is 7.20. The summed E-state index contributed by atoms with van der Waals surface area (Å²) in [6.07, 6.45) is 9.86. The van der Waals surface area contributed by atoms with Gasteiger partial charge in [-0.1, -0.05) is 56.0 Å². The molecule has 0 radical (unpaired) electrons. The number of rotatable bonds is 5. The zero-order chi connectivity index (χ0) is 11.8. The Kier molecular flexibility index (Phi) is 5.57. The maximum absolute atomic E-state index is 3.63. The molecule has 2 rings (SSSR count). The van der Waals surface area contributed by atoms with Gasteiger partial charge in [0.2, 0.25) is 0 Å². The van der Waals surface area contributed by atoms with Crippen LogP contribution in [0.25, 0.3) is 0 Å². The Morgan fingerprint density at radius 3 is 2.35 bits per heavy atom. The van der Waals surface area contributed by atoms with Crippen LogP contribution < -0.4 is 5.32 Å². The van der Waals surface area contributed by atoms with Gasteiger partial charge >= 0.3 is 0 Å². The molecular formula is C16H25N. The van der Waals surface area contributed by atoms with Crippen molar-refractivity contribution in [2.75, 3.05) is 13.1 Å². The van der Waals surface area contributed by atoms with Gasteiger partial charge in [0.25, 0.3) is 0 Å². The van der Waals surface area contributed by atoms with E-state index in [2.05, 4.69) is 35.6 Å². The highest BCUT2D eigenvalue weighted by atomic mass is 14.9. The summed E-state index contributed by atoms with van der Waals surface area (Å²) in [4.78, 5) is 0. The van der Waals surface area contributed by atoms with Crippen LogP contribution >= 0.6 is 0 Å². The minimum Gasteiger partial charge on any atom is -0.316 e. The normalized spacial score (nSPS) is 17.9. The molecule has 1 fully saturated rings. The second kappa shape index (κ2) is 7.50. The lowest BCUT2D eigenvalue weighted by Crippen LogP contribution is -2.24. The van der Waals surface area contributed by atoms with Crippen LogP contribution in [0.5, 0.6) is 0 Å². The van der Waals surface area contributed by atoms with Crippen molar-refractivity contribution in [2.24, 2.45) is 5.92 Å². The molecule has 0 spiro atoms. The smallest absolute Gasteiger partial charge is 0.000824 e. The van der Waals surface area contributed by atoms with Gasteiger partial charge in [-0.05, 0) is 43.8 Å². The standard InChI is InChI=1S/C16H25N/c1-2-5-11-16(10-4-1)14-17-13-12-15-8-6-3-7-9-15/h3,6-9,16-17H,1-2,4-5,10-14H2. The number of hydrogen-bond donors (Lipinski definition) is 1. The van der Waals surface area contributed by atoms with Crippen LogP contribution in [-0.2, 0) is 6.42 Å². The van der Waals surface area contributed by atoms with E-state index in [1.165, 1.54) is 50.6 Å². The summed E-state index contributed by atoms with van der Waals surface area (Å²) in [5.41, 5.74) is 1.45. The van der Waals surface area contributed by atoms with Crippen molar-refractivity contribution >= 4 is 0 Å². The van der Waals surface area contributed by atoms with E-state index < -0.39 is 0 Å². The summed E-state index contributed by atoms with van der Waals surface area (Å²) in [7, 11) is 0. The lowest BCUT2D eigenvalue weighted by atomic mass is 10.0. The van der Waals surface area contributed by atoms with E-state index in [4.69, 9.17) is 0 Å². The Morgan fingerprint density at radius 1 is 0.941 bits per heavy atom. The van der Waals surface area contributed by atoms with E-state index in [-0.39, 0.29) is 0 Å². The topological polar surface area (TPSA) is 12.0 Å². The molecule has 0 heterocycles. The van der Waals surface area contributed by atoms with E-state index >= 15 is 0 Å². The van der Waals surface area contributed by atoms with Gasteiger partial charge in [0, 0.05) is 0 Å². The zero-order valence-electron chi connectivity index (χ0n) is 10.8. The third-order valence-electron chi connectivity index (χ3n) is 3.84. The molecule has 1 aliphatic carbocycles. The molecule has 1 heteroatoms. The van der Waals surface area contributed by atoms with Crippen LogP contribution in [0.15, 0.2) is 30.3 Å². The Morgan fingerprint density at radius 2 is 1.65 bits per heavy atom. The van der Waals surface area contributed by atoms with E-state index in [1.807, 2.05) is 0 Å². The highest BCUT2D eigenvalue weighted by Gasteiger charge is 2.11. The predicted octanol–water partition coefficient (Wildman–Crippen LogP) is 3.79. The van der Waals surface area contributed by atoms with Crippen LogP contribution in [-0.4, -0.2) is 13.1 Å². The summed E-state index contributed by atoms with van der Waals surface area (Å²) >= 11 is 0. The summed E-state index contributed by atoms with van der Waals surface area (Å²) in [6, 6.07) is 10.8. The molecule has 1 N–H and O–H groups in total. The monoisotopic (exact) mass is 231 g/mol. The van der Waals surface area contributed by atoms with E-state index in [1.54, 1.807) is 0 Å². The van der Waals surface area contributed by atoms with Crippen LogP contribution in [0.2, 0.25) is 0 Å². The largest absolute Gasteiger partial charge is 0.316 e. The predicted molar refractivity (Wildman–Crippen MR) is 74.2 cm³/mol. The fourth-order valence-electron chi connectivity index (χ4n) is 2.75. The Balaban J connectivity index is 1.59. The molecule has 0 atom stereocenters. The maximum Gasteiger partial charge on any atom is -0.000824 e. The molecule has 0 bridgehead atoms. The molecular weight excluding hydrogens is 206 g/mol. The van der Waals surface area contributed by atoms with Gasteiger partial charge in [0.05, 0.1) is 0 Å². The van der Waals surface area contributed by atoms with Crippen LogP contribution in [0.3, 0.4) is 0 Å². The van der Waals surface area contributed by atoms with E-state index in [0.717, 1.165) is 18.9 Å². The van der Waals surface area contributed by atoms with Gasteiger partial charge < -0.3 is 5.32 Å². The highest BCUT2D eigenvalue weighted by molar-refractivity contribution is 5.14. The van der Waals surface area contributed by atoms with Gasteiger partial charge in [-0.2, -0.15) is 0 Å². The Bertz CT molecular complexity index is 286. The summed E-state index contributed by atoms with van der Waals surface area (Å²) < 4.78 is 0. The second-order valence-corrected chi connectivity index (χ2v) is 5.30. The van der Waals surface area contributed by atoms with Crippen molar-refractivity contribution in [3.05, 3.63) is 35.9 Å². The first-order valence-corrected chi connectivity index (χ1v) is 7.20. The number of hydrogen-bond acceptors (Lipinski definition) is 1. The molecule has 0 unspecified atom stereocenters. The van der Waals surface area contributed by atoms with Gasteiger partial charge in [0.1, 0.15) is 0 Å². The summed E-state index contributed by atoms with van der Waals surface area (Å²) in [5, 5.41) is 3.63. The Hall–Kier alpha value is -0.820. The van der Waals surface area contributed by atoms with E-state index in [0.29, 0.717) is 0 Å². The quantitative estimate of drug-likeness (QED) is 0.600. The molecule has 0 amide bonds. The average Bonchev–Trinajstić information content (AvgIpc) is 2.65. The maximum atomic E-state index is 3.63. The summed E-state index contributed by atoms with van der Waals surface area (Å²) in [5.74, 6) is 0.938. The molecule has 94 valence electrons. The Labute approximate surface area is 106 Å². The van der Waals surface area contributed by atoms with Gasteiger partial charge in [-0.15, -0.1) is 0 Å². The summed E-state index contributed by atoms with van der Waals surface area (Å²) in [6.45, 7) is 2.35. The van der Waals surface area contributed by atoms with Crippen molar-refractivity contribution < 1.29 is 0 Å². The lowest BCUT2D eigenvalue weighted by Gasteiger charge is -2.14. The van der Waals surface area contributed by atoms with Crippen molar-refractivity contribution in [1.29, 1.82) is 0 Å². The molecule has 17 heavy (non-hydrogen) atoms. The molecule has 1 saturated carbocycles. The first kappa shape index (κ1) is 12.6. The van der Waals surface area contributed by atoms with Crippen molar-refractivity contribution in [1.82, 2.24) is 5.32 Å². The van der Waals surface area contributed by atoms with Gasteiger partial charge in [0.15, 0.2) is 0 Å². The van der Waals surface area contributed by atoms with Crippen molar-refractivity contribution in [3.63, 3.8) is 0 Å². The fourth-order valence-corrected chi connectivity index (χ4v) is 2.75. The molecule has 0 aromatic heterocycles. The van der Waals surface area contributed by atoms with Crippen LogP contribution in [0.4, 0.5) is 0 Å². The molecule has 1 aromatic carbocycles. The molecule has 1 aliphatic rings. The number of nitrogens with one attached hydrogen (secondary N) is 1. The third-order valence-corrected chi connectivity index (χ3v) is 3.84. The van der Waals surface area contributed by atoms with Crippen molar-refractivity contribution in [3.8, 4) is 0 Å². The number of benzene rings is 1. The van der Waals surface area contributed by atoms with E-state index in [9.17, 15) is 0 Å².